The molecule has 0 aliphatic carbocycles. The summed E-state index contributed by atoms with van der Waals surface area (Å²) < 4.78 is 43.5. The van der Waals surface area contributed by atoms with Gasteiger partial charge in [-0.05, 0) is 30.3 Å². The van der Waals surface area contributed by atoms with Crippen molar-refractivity contribution in [2.45, 2.75) is 12.6 Å². The molecular weight excluding hydrogens is 357 g/mol. The Hall–Kier alpha value is -2.41. The van der Waals surface area contributed by atoms with Gasteiger partial charge in [-0.3, -0.25) is 4.79 Å². The number of nitrogens with one attached hydrogen (secondary N) is 2. The normalized spacial score (nSPS) is 11.1. The number of carbonyl (C=O) groups excluding carboxylic acids is 1. The number of alkyl halides is 3. The second-order valence-corrected chi connectivity index (χ2v) is 5.52. The highest BCUT2D eigenvalue weighted by atomic mass is 35.5. The molecule has 0 bridgehead atoms. The molecule has 0 aliphatic rings. The Morgan fingerprint density at radius 1 is 1.20 bits per heavy atom. The summed E-state index contributed by atoms with van der Waals surface area (Å²) in [6, 6.07) is 10.4. The van der Waals surface area contributed by atoms with Crippen molar-refractivity contribution >= 4 is 28.9 Å². The molecule has 0 unspecified atom stereocenters. The van der Waals surface area contributed by atoms with Gasteiger partial charge >= 0.3 is 6.18 Å². The Bertz CT molecular complexity index is 751. The van der Waals surface area contributed by atoms with Crippen LogP contribution in [-0.4, -0.2) is 19.6 Å². The van der Waals surface area contributed by atoms with Gasteiger partial charge in [0.05, 0.1) is 23.4 Å². The minimum Gasteiger partial charge on any atom is -0.495 e. The molecule has 0 aliphatic heterocycles. The quantitative estimate of drug-likeness (QED) is 0.765. The van der Waals surface area contributed by atoms with Gasteiger partial charge in [0.2, 0.25) is 5.91 Å². The number of anilines is 2. The van der Waals surface area contributed by atoms with Gasteiger partial charge in [-0.25, -0.2) is 0 Å². The predicted octanol–water partition coefficient (Wildman–Crippen LogP) is 4.81. The van der Waals surface area contributed by atoms with Gasteiger partial charge in [0.1, 0.15) is 5.75 Å². The predicted molar refractivity (Wildman–Crippen MR) is 91.2 cm³/mol. The maximum atomic E-state index is 12.8. The summed E-state index contributed by atoms with van der Waals surface area (Å²) >= 11 is 5.56. The molecule has 0 radical (unpaired) electrons. The van der Waals surface area contributed by atoms with Gasteiger partial charge in [-0.15, -0.1) is 0 Å². The Morgan fingerprint density at radius 3 is 2.60 bits per heavy atom. The SMILES string of the molecule is COc1ccccc1NC(=O)CCNc1ccc(Cl)c(C(F)(F)F)c1. The number of para-hydroxylation sites is 2. The van der Waals surface area contributed by atoms with E-state index in [0.29, 0.717) is 11.4 Å². The number of rotatable bonds is 6. The van der Waals surface area contributed by atoms with E-state index < -0.39 is 11.7 Å². The molecule has 0 saturated heterocycles. The number of hydrogen-bond donors (Lipinski definition) is 2. The maximum absolute atomic E-state index is 12.8. The van der Waals surface area contributed by atoms with Crippen LogP contribution in [0.5, 0.6) is 5.75 Å². The second kappa shape index (κ2) is 8.11. The molecule has 0 heterocycles. The number of amides is 1. The van der Waals surface area contributed by atoms with Crippen LogP contribution in [0.25, 0.3) is 0 Å². The van der Waals surface area contributed by atoms with Crippen LogP contribution in [0.15, 0.2) is 42.5 Å². The molecule has 2 rings (SSSR count). The van der Waals surface area contributed by atoms with Crippen molar-refractivity contribution in [2.75, 3.05) is 24.3 Å². The van der Waals surface area contributed by atoms with Gasteiger partial charge in [-0.2, -0.15) is 13.2 Å². The lowest BCUT2D eigenvalue weighted by molar-refractivity contribution is -0.137. The van der Waals surface area contributed by atoms with Gasteiger partial charge in [-0.1, -0.05) is 23.7 Å². The van der Waals surface area contributed by atoms with E-state index in [2.05, 4.69) is 10.6 Å². The van der Waals surface area contributed by atoms with Gasteiger partial charge < -0.3 is 15.4 Å². The third-order valence-electron chi connectivity index (χ3n) is 3.33. The molecule has 4 nitrogen and oxygen atoms in total. The lowest BCUT2D eigenvalue weighted by atomic mass is 10.2. The van der Waals surface area contributed by atoms with E-state index >= 15 is 0 Å². The Morgan fingerprint density at radius 2 is 1.92 bits per heavy atom. The molecule has 0 aromatic heterocycles. The molecule has 1 amide bonds. The fourth-order valence-electron chi connectivity index (χ4n) is 2.13. The van der Waals surface area contributed by atoms with Crippen molar-refractivity contribution in [3.63, 3.8) is 0 Å². The van der Waals surface area contributed by atoms with Gasteiger partial charge in [0, 0.05) is 18.7 Å². The standard InChI is InChI=1S/C17H16ClF3N2O2/c1-25-15-5-3-2-4-14(15)23-16(24)8-9-22-11-6-7-13(18)12(10-11)17(19,20)21/h2-7,10,22H,8-9H2,1H3,(H,23,24). The van der Waals surface area contributed by atoms with Crippen molar-refractivity contribution < 1.29 is 22.7 Å². The molecule has 8 heteroatoms. The molecule has 25 heavy (non-hydrogen) atoms. The molecule has 134 valence electrons. The number of hydrogen-bond acceptors (Lipinski definition) is 3. The number of ether oxygens (including phenoxy) is 1. The molecule has 0 atom stereocenters. The zero-order valence-corrected chi connectivity index (χ0v) is 14.0. The summed E-state index contributed by atoms with van der Waals surface area (Å²) in [6.45, 7) is 0.167. The van der Waals surface area contributed by atoms with Crippen molar-refractivity contribution in [3.8, 4) is 5.75 Å². The van der Waals surface area contributed by atoms with Gasteiger partial charge in [0.25, 0.3) is 0 Å². The summed E-state index contributed by atoms with van der Waals surface area (Å²) in [6.07, 6.45) is -4.46. The van der Waals surface area contributed by atoms with E-state index in [1.807, 2.05) is 0 Å². The number of halogens is 4. The number of methoxy groups -OCH3 is 1. The zero-order chi connectivity index (χ0) is 18.4. The van der Waals surface area contributed by atoms with Crippen molar-refractivity contribution in [1.29, 1.82) is 0 Å². The number of carbonyl (C=O) groups is 1. The highest BCUT2D eigenvalue weighted by Crippen LogP contribution is 2.36. The third-order valence-corrected chi connectivity index (χ3v) is 3.66. The van der Waals surface area contributed by atoms with Crippen LogP contribution in [0.2, 0.25) is 5.02 Å². The first-order valence-electron chi connectivity index (χ1n) is 7.34. The van der Waals surface area contributed by atoms with E-state index in [1.165, 1.54) is 19.2 Å². The monoisotopic (exact) mass is 372 g/mol. The molecule has 0 saturated carbocycles. The fourth-order valence-corrected chi connectivity index (χ4v) is 2.36. The molecule has 2 aromatic rings. The molecule has 0 fully saturated rings. The minimum absolute atomic E-state index is 0.0715. The molecular formula is C17H16ClF3N2O2. The highest BCUT2D eigenvalue weighted by Gasteiger charge is 2.33. The summed E-state index contributed by atoms with van der Waals surface area (Å²) in [4.78, 5) is 11.9. The van der Waals surface area contributed by atoms with E-state index in [9.17, 15) is 18.0 Å². The van der Waals surface area contributed by atoms with Crippen LogP contribution < -0.4 is 15.4 Å². The molecule has 2 N–H and O–H groups in total. The Labute approximate surface area is 147 Å². The summed E-state index contributed by atoms with van der Waals surface area (Å²) in [7, 11) is 1.49. The van der Waals surface area contributed by atoms with E-state index in [4.69, 9.17) is 16.3 Å². The van der Waals surface area contributed by atoms with Crippen molar-refractivity contribution in [1.82, 2.24) is 0 Å². The average Bonchev–Trinajstić information content (AvgIpc) is 2.56. The molecule has 2 aromatic carbocycles. The van der Waals surface area contributed by atoms with Gasteiger partial charge in [0.15, 0.2) is 0 Å². The third kappa shape index (κ3) is 5.29. The highest BCUT2D eigenvalue weighted by molar-refractivity contribution is 6.31. The first-order chi connectivity index (χ1) is 11.8. The topological polar surface area (TPSA) is 50.4 Å². The van der Waals surface area contributed by atoms with Crippen LogP contribution in [-0.2, 0) is 11.0 Å². The zero-order valence-electron chi connectivity index (χ0n) is 13.3. The summed E-state index contributed by atoms with van der Waals surface area (Å²) in [5, 5.41) is 5.10. The lowest BCUT2D eigenvalue weighted by Crippen LogP contribution is -2.17. The second-order valence-electron chi connectivity index (χ2n) is 5.12. The first-order valence-corrected chi connectivity index (χ1v) is 7.72. The van der Waals surface area contributed by atoms with Crippen LogP contribution in [0, 0.1) is 0 Å². The fraction of sp³-hybridized carbons (Fsp3) is 0.235. The number of benzene rings is 2. The van der Waals surface area contributed by atoms with Crippen molar-refractivity contribution in [3.05, 3.63) is 53.1 Å². The largest absolute Gasteiger partial charge is 0.495 e. The summed E-state index contributed by atoms with van der Waals surface area (Å²) in [5.41, 5.74) is -0.152. The first kappa shape index (κ1) is 18.9. The van der Waals surface area contributed by atoms with Crippen LogP contribution in [0.1, 0.15) is 12.0 Å². The van der Waals surface area contributed by atoms with Crippen LogP contribution in [0.4, 0.5) is 24.5 Å². The average molecular weight is 373 g/mol. The summed E-state index contributed by atoms with van der Waals surface area (Å²) in [5.74, 6) is 0.235. The lowest BCUT2D eigenvalue weighted by Gasteiger charge is -2.13. The van der Waals surface area contributed by atoms with Crippen LogP contribution in [0.3, 0.4) is 0 Å². The Balaban J connectivity index is 1.91. The van der Waals surface area contributed by atoms with Crippen molar-refractivity contribution in [2.24, 2.45) is 0 Å². The Kier molecular flexibility index (Phi) is 6.14. The minimum atomic E-state index is -4.53. The molecule has 0 spiro atoms. The maximum Gasteiger partial charge on any atom is 0.417 e. The smallest absolute Gasteiger partial charge is 0.417 e. The van der Waals surface area contributed by atoms with E-state index in [-0.39, 0.29) is 29.6 Å². The van der Waals surface area contributed by atoms with Crippen LogP contribution >= 0.6 is 11.6 Å². The van der Waals surface area contributed by atoms with E-state index in [0.717, 1.165) is 6.07 Å². The van der Waals surface area contributed by atoms with E-state index in [1.54, 1.807) is 24.3 Å².